The van der Waals surface area contributed by atoms with Crippen LogP contribution in [0.25, 0.3) is 11.1 Å². The molecule has 160 valence electrons. The second-order valence-corrected chi connectivity index (χ2v) is 7.05. The lowest BCUT2D eigenvalue weighted by molar-refractivity contribution is 0.0923. The molecule has 1 aliphatic rings. The number of nitrogens with one attached hydrogen (secondary N) is 1. The van der Waals surface area contributed by atoms with Gasteiger partial charge in [-0.3, -0.25) is 9.78 Å². The molecule has 6 nitrogen and oxygen atoms in total. The van der Waals surface area contributed by atoms with Crippen LogP contribution in [0.15, 0.2) is 91.6 Å². The van der Waals surface area contributed by atoms with Crippen LogP contribution in [0.4, 0.5) is 4.39 Å². The fourth-order valence-electron chi connectivity index (χ4n) is 3.27. The predicted octanol–water partition coefficient (Wildman–Crippen LogP) is 4.62. The van der Waals surface area contributed by atoms with Gasteiger partial charge in [-0.25, -0.2) is 14.4 Å². The van der Waals surface area contributed by atoms with Crippen LogP contribution < -0.4 is 10.1 Å². The third-order valence-electron chi connectivity index (χ3n) is 4.87. The zero-order valence-corrected chi connectivity index (χ0v) is 17.2. The van der Waals surface area contributed by atoms with E-state index in [9.17, 15) is 9.18 Å². The minimum Gasteiger partial charge on any atom is -0.491 e. The van der Waals surface area contributed by atoms with Crippen LogP contribution in [-0.4, -0.2) is 27.5 Å². The predicted molar refractivity (Wildman–Crippen MR) is 118 cm³/mol. The standard InChI is InChI=1S/C15H13FN2O2.C10H8N2/c16-11-5-3-10(4-6-11)15(19)18-12-7-9-20-13-2-1-8-17-14(12)13;1-2-4-9(5-3-1)10-6-11-8-12-7-10/h1-6,8,12H,7,9H2,(H,18,19);1-8H. The molecular formula is C25H21FN4O2. The van der Waals surface area contributed by atoms with Crippen LogP contribution in [0.3, 0.4) is 0 Å². The summed E-state index contributed by atoms with van der Waals surface area (Å²) in [5.41, 5.74) is 3.36. The van der Waals surface area contributed by atoms with Gasteiger partial charge in [-0.15, -0.1) is 0 Å². The molecule has 1 aliphatic heterocycles. The monoisotopic (exact) mass is 428 g/mol. The summed E-state index contributed by atoms with van der Waals surface area (Å²) < 4.78 is 18.3. The van der Waals surface area contributed by atoms with Gasteiger partial charge in [-0.1, -0.05) is 30.3 Å². The number of hydrogen-bond donors (Lipinski definition) is 1. The maximum Gasteiger partial charge on any atom is 0.251 e. The van der Waals surface area contributed by atoms with E-state index in [1.54, 1.807) is 12.3 Å². The first-order valence-electron chi connectivity index (χ1n) is 10.2. The number of amides is 1. The van der Waals surface area contributed by atoms with Gasteiger partial charge < -0.3 is 10.1 Å². The number of carbonyl (C=O) groups excluding carboxylic acids is 1. The Morgan fingerprint density at radius 1 is 0.938 bits per heavy atom. The number of nitrogens with zero attached hydrogens (tertiary/aromatic N) is 3. The van der Waals surface area contributed by atoms with Gasteiger partial charge in [-0.2, -0.15) is 0 Å². The summed E-state index contributed by atoms with van der Waals surface area (Å²) in [6, 6.07) is 19.0. The summed E-state index contributed by atoms with van der Waals surface area (Å²) in [5.74, 6) is 0.0938. The first-order chi connectivity index (χ1) is 15.7. The van der Waals surface area contributed by atoms with Gasteiger partial charge >= 0.3 is 0 Å². The molecule has 3 heterocycles. The van der Waals surface area contributed by atoms with Gasteiger partial charge in [0, 0.05) is 36.1 Å². The number of ether oxygens (including phenoxy) is 1. The molecule has 7 heteroatoms. The van der Waals surface area contributed by atoms with Crippen molar-refractivity contribution in [1.29, 1.82) is 0 Å². The summed E-state index contributed by atoms with van der Waals surface area (Å²) in [6.45, 7) is 0.535. The second-order valence-electron chi connectivity index (χ2n) is 7.05. The highest BCUT2D eigenvalue weighted by molar-refractivity contribution is 5.94. The molecular weight excluding hydrogens is 407 g/mol. The van der Waals surface area contributed by atoms with Crippen molar-refractivity contribution in [3.63, 3.8) is 0 Å². The number of halogens is 1. The van der Waals surface area contributed by atoms with E-state index >= 15 is 0 Å². The van der Waals surface area contributed by atoms with Crippen molar-refractivity contribution >= 4 is 5.91 Å². The van der Waals surface area contributed by atoms with E-state index < -0.39 is 0 Å². The van der Waals surface area contributed by atoms with Crippen LogP contribution in [0, 0.1) is 5.82 Å². The first kappa shape index (κ1) is 21.1. The zero-order chi connectivity index (χ0) is 22.2. The fraction of sp³-hybridized carbons (Fsp3) is 0.120. The molecule has 0 fully saturated rings. The van der Waals surface area contributed by atoms with Crippen LogP contribution in [0.1, 0.15) is 28.5 Å². The molecule has 1 atom stereocenters. The largest absolute Gasteiger partial charge is 0.491 e. The minimum absolute atomic E-state index is 0.183. The van der Waals surface area contributed by atoms with Crippen LogP contribution in [0.5, 0.6) is 5.75 Å². The number of benzene rings is 2. The summed E-state index contributed by atoms with van der Waals surface area (Å²) in [6.07, 6.45) is 7.48. The van der Waals surface area contributed by atoms with E-state index in [2.05, 4.69) is 20.3 Å². The van der Waals surface area contributed by atoms with Gasteiger partial charge in [0.1, 0.15) is 23.6 Å². The van der Waals surface area contributed by atoms with Crippen molar-refractivity contribution in [2.45, 2.75) is 12.5 Å². The van der Waals surface area contributed by atoms with Crippen molar-refractivity contribution in [1.82, 2.24) is 20.3 Å². The van der Waals surface area contributed by atoms with Crippen LogP contribution in [0.2, 0.25) is 0 Å². The average Bonchev–Trinajstić information content (AvgIpc) is 2.86. The molecule has 0 saturated heterocycles. The van der Waals surface area contributed by atoms with Crippen molar-refractivity contribution in [2.75, 3.05) is 6.61 Å². The maximum atomic E-state index is 12.8. The third-order valence-corrected chi connectivity index (χ3v) is 4.87. The van der Waals surface area contributed by atoms with Gasteiger partial charge in [0.2, 0.25) is 0 Å². The van der Waals surface area contributed by atoms with Crippen molar-refractivity contribution in [3.8, 4) is 16.9 Å². The molecule has 0 aliphatic carbocycles. The SMILES string of the molecule is O=C(NC1CCOc2cccnc21)c1ccc(F)cc1.c1ccc(-c2cncnc2)cc1. The molecule has 0 saturated carbocycles. The normalized spacial score (nSPS) is 14.2. The zero-order valence-electron chi connectivity index (χ0n) is 17.2. The fourth-order valence-corrected chi connectivity index (χ4v) is 3.27. The third kappa shape index (κ3) is 5.31. The van der Waals surface area contributed by atoms with Gasteiger partial charge in [0.25, 0.3) is 5.91 Å². The number of fused-ring (bicyclic) bond motifs is 1. The molecule has 0 radical (unpaired) electrons. The summed E-state index contributed by atoms with van der Waals surface area (Å²) in [4.78, 5) is 24.3. The summed E-state index contributed by atoms with van der Waals surface area (Å²) in [5, 5.41) is 2.91. The first-order valence-corrected chi connectivity index (χ1v) is 10.2. The Morgan fingerprint density at radius 3 is 2.44 bits per heavy atom. The lowest BCUT2D eigenvalue weighted by atomic mass is 10.1. The topological polar surface area (TPSA) is 77.0 Å². The molecule has 0 spiro atoms. The van der Waals surface area contributed by atoms with Crippen molar-refractivity contribution in [2.24, 2.45) is 0 Å². The Morgan fingerprint density at radius 2 is 1.69 bits per heavy atom. The number of pyridine rings is 1. The summed E-state index contributed by atoms with van der Waals surface area (Å²) in [7, 11) is 0. The van der Waals surface area contributed by atoms with E-state index in [0.717, 1.165) is 16.8 Å². The molecule has 1 amide bonds. The van der Waals surface area contributed by atoms with Crippen LogP contribution >= 0.6 is 0 Å². The van der Waals surface area contributed by atoms with Crippen LogP contribution in [-0.2, 0) is 0 Å². The maximum absolute atomic E-state index is 12.8. The molecule has 5 rings (SSSR count). The Kier molecular flexibility index (Phi) is 6.77. The number of aromatic nitrogens is 3. The molecule has 4 aromatic rings. The highest BCUT2D eigenvalue weighted by Crippen LogP contribution is 2.29. The van der Waals surface area contributed by atoms with Crippen molar-refractivity contribution in [3.05, 3.63) is 109 Å². The van der Waals surface area contributed by atoms with Crippen molar-refractivity contribution < 1.29 is 13.9 Å². The number of carbonyl (C=O) groups is 1. The molecule has 2 aromatic heterocycles. The Hall–Kier alpha value is -4.13. The van der Waals surface area contributed by atoms with Gasteiger partial charge in [0.05, 0.1) is 12.6 Å². The smallest absolute Gasteiger partial charge is 0.251 e. The van der Waals surface area contributed by atoms with E-state index in [0.29, 0.717) is 24.3 Å². The number of hydrogen-bond acceptors (Lipinski definition) is 5. The molecule has 2 aromatic carbocycles. The number of rotatable bonds is 3. The lowest BCUT2D eigenvalue weighted by Gasteiger charge is -2.25. The van der Waals surface area contributed by atoms with E-state index in [-0.39, 0.29) is 17.8 Å². The highest BCUT2D eigenvalue weighted by atomic mass is 19.1. The minimum atomic E-state index is -0.361. The van der Waals surface area contributed by atoms with Gasteiger partial charge in [0.15, 0.2) is 0 Å². The molecule has 1 N–H and O–H groups in total. The van der Waals surface area contributed by atoms with E-state index in [1.807, 2.05) is 48.8 Å². The Labute approximate surface area is 185 Å². The second kappa shape index (κ2) is 10.3. The average molecular weight is 428 g/mol. The van der Waals surface area contributed by atoms with Gasteiger partial charge in [-0.05, 0) is 42.0 Å². The molecule has 0 bridgehead atoms. The Bertz CT molecular complexity index is 1120. The highest BCUT2D eigenvalue weighted by Gasteiger charge is 2.24. The Balaban J connectivity index is 0.000000174. The quantitative estimate of drug-likeness (QED) is 0.515. The van der Waals surface area contributed by atoms with E-state index in [4.69, 9.17) is 4.74 Å². The van der Waals surface area contributed by atoms with E-state index in [1.165, 1.54) is 30.6 Å². The molecule has 32 heavy (non-hydrogen) atoms. The molecule has 1 unspecified atom stereocenters. The lowest BCUT2D eigenvalue weighted by Crippen LogP contribution is -2.32. The summed E-state index contributed by atoms with van der Waals surface area (Å²) >= 11 is 0.